The lowest BCUT2D eigenvalue weighted by Gasteiger charge is -2.34. The van der Waals surface area contributed by atoms with Crippen molar-refractivity contribution in [3.8, 4) is 0 Å². The monoisotopic (exact) mass is 394 g/mol. The van der Waals surface area contributed by atoms with E-state index in [0.29, 0.717) is 16.6 Å². The van der Waals surface area contributed by atoms with Crippen LogP contribution in [0.4, 0.5) is 4.39 Å². The van der Waals surface area contributed by atoms with Crippen molar-refractivity contribution in [3.63, 3.8) is 0 Å². The van der Waals surface area contributed by atoms with Gasteiger partial charge < -0.3 is 9.74 Å². The van der Waals surface area contributed by atoms with E-state index in [4.69, 9.17) is 27.6 Å². The van der Waals surface area contributed by atoms with Gasteiger partial charge in [0.2, 0.25) is 0 Å². The van der Waals surface area contributed by atoms with Gasteiger partial charge in [-0.05, 0) is 32.0 Å². The lowest BCUT2D eigenvalue weighted by atomic mass is 10.1. The molecular formula is C17H29Cl2FN2OSi. The number of nitrogens with zero attached hydrogens (tertiary/aromatic N) is 1. The Bertz CT molecular complexity index is 493. The SMILES string of the molecule is CC[Si](CC)(CC)OC(CNCC(C)(C)F)c1c(Cl)cncc1Cl. The Balaban J connectivity index is 3.07. The molecule has 0 aromatic carbocycles. The molecule has 0 saturated heterocycles. The summed E-state index contributed by atoms with van der Waals surface area (Å²) in [5.41, 5.74) is -0.546. The normalized spacial score (nSPS) is 14.0. The summed E-state index contributed by atoms with van der Waals surface area (Å²) in [7, 11) is -1.88. The van der Waals surface area contributed by atoms with E-state index in [9.17, 15) is 4.39 Å². The van der Waals surface area contributed by atoms with Gasteiger partial charge >= 0.3 is 0 Å². The first kappa shape index (κ1) is 21.8. The minimum Gasteiger partial charge on any atom is -0.409 e. The van der Waals surface area contributed by atoms with Crippen molar-refractivity contribution in [2.45, 2.75) is 64.5 Å². The molecule has 1 unspecified atom stereocenters. The summed E-state index contributed by atoms with van der Waals surface area (Å²) in [4.78, 5) is 4.01. The van der Waals surface area contributed by atoms with Crippen LogP contribution in [-0.2, 0) is 4.43 Å². The first-order valence-electron chi connectivity index (χ1n) is 8.54. The summed E-state index contributed by atoms with van der Waals surface area (Å²) in [6, 6.07) is 3.06. The summed E-state index contributed by atoms with van der Waals surface area (Å²) >= 11 is 12.7. The second-order valence-electron chi connectivity index (χ2n) is 6.72. The van der Waals surface area contributed by atoms with Crippen LogP contribution in [0, 0.1) is 0 Å². The van der Waals surface area contributed by atoms with E-state index >= 15 is 0 Å². The van der Waals surface area contributed by atoms with Crippen LogP contribution in [0.2, 0.25) is 28.2 Å². The predicted octanol–water partition coefficient (Wildman–Crippen LogP) is 5.79. The molecule has 24 heavy (non-hydrogen) atoms. The molecule has 0 bridgehead atoms. The maximum atomic E-state index is 13.8. The summed E-state index contributed by atoms with van der Waals surface area (Å²) in [5.74, 6) is 0. The van der Waals surface area contributed by atoms with E-state index in [-0.39, 0.29) is 12.6 Å². The molecule has 1 heterocycles. The molecule has 0 aliphatic heterocycles. The van der Waals surface area contributed by atoms with Gasteiger partial charge in [-0.2, -0.15) is 0 Å². The van der Waals surface area contributed by atoms with Crippen LogP contribution in [0.3, 0.4) is 0 Å². The first-order valence-corrected chi connectivity index (χ1v) is 11.8. The van der Waals surface area contributed by atoms with E-state index in [0.717, 1.165) is 23.7 Å². The molecule has 0 radical (unpaired) electrons. The molecule has 1 rings (SSSR count). The summed E-state index contributed by atoms with van der Waals surface area (Å²) in [5, 5.41) is 4.13. The fourth-order valence-corrected chi connectivity index (χ4v) is 6.15. The van der Waals surface area contributed by atoms with E-state index in [2.05, 4.69) is 31.1 Å². The zero-order chi connectivity index (χ0) is 18.4. The minimum atomic E-state index is -1.88. The number of rotatable bonds is 10. The molecule has 1 atom stereocenters. The number of pyridine rings is 1. The Morgan fingerprint density at radius 3 is 2.08 bits per heavy atom. The highest BCUT2D eigenvalue weighted by atomic mass is 35.5. The van der Waals surface area contributed by atoms with Crippen LogP contribution in [0.25, 0.3) is 0 Å². The molecular weight excluding hydrogens is 366 g/mol. The number of alkyl halides is 1. The molecule has 0 fully saturated rings. The topological polar surface area (TPSA) is 34.1 Å². The third-order valence-electron chi connectivity index (χ3n) is 4.41. The van der Waals surface area contributed by atoms with E-state index in [1.807, 2.05) is 0 Å². The Kier molecular flexibility index (Phi) is 8.63. The lowest BCUT2D eigenvalue weighted by Crippen LogP contribution is -2.41. The Morgan fingerprint density at radius 2 is 1.67 bits per heavy atom. The summed E-state index contributed by atoms with van der Waals surface area (Å²) in [6.45, 7) is 10.3. The van der Waals surface area contributed by atoms with E-state index in [1.54, 1.807) is 26.2 Å². The molecule has 138 valence electrons. The predicted molar refractivity (Wildman–Crippen MR) is 103 cm³/mol. The van der Waals surface area contributed by atoms with Gasteiger partial charge in [-0.15, -0.1) is 0 Å². The van der Waals surface area contributed by atoms with Gasteiger partial charge in [0.1, 0.15) is 5.67 Å². The van der Waals surface area contributed by atoms with Gasteiger partial charge in [-0.1, -0.05) is 44.0 Å². The van der Waals surface area contributed by atoms with Crippen LogP contribution in [0.5, 0.6) is 0 Å². The molecule has 1 N–H and O–H groups in total. The Morgan fingerprint density at radius 1 is 1.17 bits per heavy atom. The summed E-state index contributed by atoms with van der Waals surface area (Å²) < 4.78 is 20.4. The van der Waals surface area contributed by atoms with Crippen molar-refractivity contribution < 1.29 is 8.82 Å². The molecule has 3 nitrogen and oxygen atoms in total. The molecule has 1 aromatic heterocycles. The van der Waals surface area contributed by atoms with E-state index < -0.39 is 14.0 Å². The average Bonchev–Trinajstić information content (AvgIpc) is 2.51. The fraction of sp³-hybridized carbons (Fsp3) is 0.706. The average molecular weight is 395 g/mol. The maximum Gasteiger partial charge on any atom is 0.192 e. The molecule has 0 aliphatic rings. The van der Waals surface area contributed by atoms with Crippen LogP contribution in [0.1, 0.15) is 46.3 Å². The molecule has 1 aromatic rings. The number of hydrogen-bond acceptors (Lipinski definition) is 3. The number of aromatic nitrogens is 1. The van der Waals surface area contributed by atoms with Crippen LogP contribution in [0.15, 0.2) is 12.4 Å². The highest BCUT2D eigenvalue weighted by Gasteiger charge is 2.34. The minimum absolute atomic E-state index is 0.242. The zero-order valence-electron chi connectivity index (χ0n) is 15.3. The quantitative estimate of drug-likeness (QED) is 0.509. The Hall–Kier alpha value is -0.203. The zero-order valence-corrected chi connectivity index (χ0v) is 17.8. The summed E-state index contributed by atoms with van der Waals surface area (Å²) in [6.07, 6.45) is 2.85. The molecule has 0 aliphatic carbocycles. The molecule has 7 heteroatoms. The van der Waals surface area contributed by atoms with Gasteiger partial charge in [0.15, 0.2) is 8.32 Å². The smallest absolute Gasteiger partial charge is 0.192 e. The molecule has 0 saturated carbocycles. The van der Waals surface area contributed by atoms with Gasteiger partial charge in [-0.3, -0.25) is 4.98 Å². The third kappa shape index (κ3) is 6.26. The van der Waals surface area contributed by atoms with Crippen LogP contribution >= 0.6 is 23.2 Å². The lowest BCUT2D eigenvalue weighted by molar-refractivity contribution is 0.165. The number of nitrogens with one attached hydrogen (secondary N) is 1. The molecule has 0 spiro atoms. The maximum absolute atomic E-state index is 13.8. The van der Waals surface area contributed by atoms with Gasteiger partial charge in [-0.25, -0.2) is 4.39 Å². The number of halogens is 3. The van der Waals surface area contributed by atoms with Crippen LogP contribution < -0.4 is 5.32 Å². The van der Waals surface area contributed by atoms with Gasteiger partial charge in [0.05, 0.1) is 16.1 Å². The second-order valence-corrected chi connectivity index (χ2v) is 12.3. The van der Waals surface area contributed by atoms with Crippen LogP contribution in [-0.4, -0.2) is 32.1 Å². The van der Waals surface area contributed by atoms with Crippen molar-refractivity contribution in [1.82, 2.24) is 10.3 Å². The Labute approximate surface area is 156 Å². The highest BCUT2D eigenvalue weighted by Crippen LogP contribution is 2.36. The van der Waals surface area contributed by atoms with Crippen molar-refractivity contribution >= 4 is 31.5 Å². The van der Waals surface area contributed by atoms with Crippen molar-refractivity contribution in [1.29, 1.82) is 0 Å². The molecule has 0 amide bonds. The van der Waals surface area contributed by atoms with Crippen molar-refractivity contribution in [2.24, 2.45) is 0 Å². The van der Waals surface area contributed by atoms with Crippen molar-refractivity contribution in [2.75, 3.05) is 13.1 Å². The second kappa shape index (κ2) is 9.48. The van der Waals surface area contributed by atoms with E-state index in [1.165, 1.54) is 0 Å². The van der Waals surface area contributed by atoms with Gasteiger partial charge in [0.25, 0.3) is 0 Å². The highest BCUT2D eigenvalue weighted by molar-refractivity contribution is 6.73. The van der Waals surface area contributed by atoms with Gasteiger partial charge in [0, 0.05) is 31.0 Å². The fourth-order valence-electron chi connectivity index (χ4n) is 2.73. The first-order chi connectivity index (χ1) is 11.2. The number of hydrogen-bond donors (Lipinski definition) is 1. The third-order valence-corrected chi connectivity index (χ3v) is 9.67. The largest absolute Gasteiger partial charge is 0.409 e. The standard InChI is InChI=1S/C17H29Cl2FN2OSi/c1-6-24(7-2,8-3)23-15(11-22-12-17(4,5)20)16-13(18)9-21-10-14(16)19/h9-10,15,22H,6-8,11-12H2,1-5H3. The van der Waals surface area contributed by atoms with Crippen molar-refractivity contribution in [3.05, 3.63) is 28.0 Å².